The van der Waals surface area contributed by atoms with E-state index in [2.05, 4.69) is 33.5 Å². The van der Waals surface area contributed by atoms with Gasteiger partial charge in [-0.2, -0.15) is 0 Å². The van der Waals surface area contributed by atoms with Gasteiger partial charge in [0.2, 0.25) is 5.91 Å². The van der Waals surface area contributed by atoms with E-state index in [9.17, 15) is 9.18 Å². The number of rotatable bonds is 6. The number of carbonyl (C=O) groups excluding carboxylic acids is 1. The van der Waals surface area contributed by atoms with Crippen LogP contribution >= 0.6 is 15.9 Å². The van der Waals surface area contributed by atoms with Crippen molar-refractivity contribution in [2.75, 3.05) is 5.32 Å². The Kier molecular flexibility index (Phi) is 6.28. The van der Waals surface area contributed by atoms with Crippen molar-refractivity contribution >= 4 is 27.5 Å². The summed E-state index contributed by atoms with van der Waals surface area (Å²) in [6.07, 6.45) is 1.99. The molecule has 0 heterocycles. The van der Waals surface area contributed by atoms with Crippen molar-refractivity contribution in [1.82, 2.24) is 5.32 Å². The zero-order valence-electron chi connectivity index (χ0n) is 11.5. The molecule has 0 aliphatic heterocycles. The largest absolute Gasteiger partial charge is 0.373 e. The smallest absolute Gasteiger partial charge is 0.242 e. The van der Waals surface area contributed by atoms with E-state index in [-0.39, 0.29) is 23.8 Å². The molecule has 1 aromatic carbocycles. The number of hydrogen-bond acceptors (Lipinski definition) is 2. The summed E-state index contributed by atoms with van der Waals surface area (Å²) < 4.78 is 13.6. The molecule has 5 heteroatoms. The quantitative estimate of drug-likeness (QED) is 0.835. The van der Waals surface area contributed by atoms with Gasteiger partial charge in [-0.05, 0) is 54.4 Å². The van der Waals surface area contributed by atoms with Gasteiger partial charge in [0.1, 0.15) is 11.9 Å². The molecular weight excluding hydrogens is 311 g/mol. The maximum Gasteiger partial charge on any atom is 0.242 e. The second-order valence-corrected chi connectivity index (χ2v) is 5.54. The summed E-state index contributed by atoms with van der Waals surface area (Å²) >= 11 is 3.27. The highest BCUT2D eigenvalue weighted by molar-refractivity contribution is 9.10. The summed E-state index contributed by atoms with van der Waals surface area (Å²) in [6, 6.07) is 4.13. The fraction of sp³-hybridized carbons (Fsp3) is 0.500. The molecule has 0 fully saturated rings. The van der Waals surface area contributed by atoms with Crippen LogP contribution in [0.3, 0.4) is 0 Å². The Morgan fingerprint density at radius 1 is 1.42 bits per heavy atom. The van der Waals surface area contributed by atoms with Crippen LogP contribution in [0.1, 0.15) is 33.6 Å². The van der Waals surface area contributed by atoms with Gasteiger partial charge in [0.15, 0.2) is 0 Å². The molecule has 2 atom stereocenters. The molecule has 0 aromatic heterocycles. The third-order valence-electron chi connectivity index (χ3n) is 2.81. The Morgan fingerprint density at radius 3 is 2.68 bits per heavy atom. The topological polar surface area (TPSA) is 41.1 Å². The van der Waals surface area contributed by atoms with E-state index in [1.54, 1.807) is 13.0 Å². The summed E-state index contributed by atoms with van der Waals surface area (Å²) in [6.45, 7) is 5.85. The van der Waals surface area contributed by atoms with Crippen LogP contribution in [0.4, 0.5) is 10.1 Å². The number of nitrogens with one attached hydrogen (secondary N) is 2. The molecule has 106 valence electrons. The molecule has 1 aromatic rings. The van der Waals surface area contributed by atoms with Crippen molar-refractivity contribution in [2.24, 2.45) is 0 Å². The molecule has 2 unspecified atom stereocenters. The van der Waals surface area contributed by atoms with Gasteiger partial charge in [-0.3, -0.25) is 4.79 Å². The Hall–Kier alpha value is -1.10. The average Bonchev–Trinajstić information content (AvgIpc) is 2.32. The highest BCUT2D eigenvalue weighted by Gasteiger charge is 2.15. The standard InChI is InChI=1S/C14H20BrFN2O/c1-4-5-9(2)17-14(19)10(3)18-13-7-6-11(16)8-12(13)15/h6-10,18H,4-5H2,1-3H3,(H,17,19). The molecule has 0 aliphatic rings. The first-order valence-electron chi connectivity index (χ1n) is 6.46. The lowest BCUT2D eigenvalue weighted by atomic mass is 10.2. The zero-order valence-corrected chi connectivity index (χ0v) is 13.1. The van der Waals surface area contributed by atoms with E-state index in [0.29, 0.717) is 10.2 Å². The van der Waals surface area contributed by atoms with Gasteiger partial charge < -0.3 is 10.6 Å². The number of halogens is 2. The third kappa shape index (κ3) is 5.19. The Morgan fingerprint density at radius 2 is 2.11 bits per heavy atom. The van der Waals surface area contributed by atoms with Gasteiger partial charge in [0, 0.05) is 16.2 Å². The number of anilines is 1. The fourth-order valence-electron chi connectivity index (χ4n) is 1.78. The molecule has 0 bridgehead atoms. The van der Waals surface area contributed by atoms with E-state index >= 15 is 0 Å². The van der Waals surface area contributed by atoms with Gasteiger partial charge in [0.05, 0.1) is 0 Å². The van der Waals surface area contributed by atoms with E-state index < -0.39 is 0 Å². The van der Waals surface area contributed by atoms with Crippen LogP contribution in [0, 0.1) is 5.82 Å². The van der Waals surface area contributed by atoms with E-state index in [0.717, 1.165) is 12.8 Å². The van der Waals surface area contributed by atoms with Crippen molar-refractivity contribution < 1.29 is 9.18 Å². The molecule has 19 heavy (non-hydrogen) atoms. The van der Waals surface area contributed by atoms with Crippen LogP contribution in [0.5, 0.6) is 0 Å². The first-order chi connectivity index (χ1) is 8.93. The SMILES string of the molecule is CCCC(C)NC(=O)C(C)Nc1ccc(F)cc1Br. The predicted molar refractivity (Wildman–Crippen MR) is 79.7 cm³/mol. The van der Waals surface area contributed by atoms with Crippen molar-refractivity contribution in [3.63, 3.8) is 0 Å². The second-order valence-electron chi connectivity index (χ2n) is 4.69. The fourth-order valence-corrected chi connectivity index (χ4v) is 2.24. The van der Waals surface area contributed by atoms with Crippen LogP contribution in [-0.4, -0.2) is 18.0 Å². The number of amides is 1. The lowest BCUT2D eigenvalue weighted by Crippen LogP contribution is -2.42. The Labute approximate surface area is 122 Å². The highest BCUT2D eigenvalue weighted by atomic mass is 79.9. The summed E-state index contributed by atoms with van der Waals surface area (Å²) in [5.74, 6) is -0.372. The molecule has 0 saturated carbocycles. The van der Waals surface area contributed by atoms with Crippen LogP contribution in [0.25, 0.3) is 0 Å². The normalized spacial score (nSPS) is 13.7. The molecule has 3 nitrogen and oxygen atoms in total. The second kappa shape index (κ2) is 7.48. The molecule has 0 spiro atoms. The Balaban J connectivity index is 2.58. The summed E-state index contributed by atoms with van der Waals surface area (Å²) in [5.41, 5.74) is 0.701. The van der Waals surface area contributed by atoms with E-state index in [4.69, 9.17) is 0 Å². The maximum absolute atomic E-state index is 13.0. The van der Waals surface area contributed by atoms with Crippen LogP contribution in [-0.2, 0) is 4.79 Å². The van der Waals surface area contributed by atoms with Crippen LogP contribution < -0.4 is 10.6 Å². The number of benzene rings is 1. The summed E-state index contributed by atoms with van der Waals surface area (Å²) in [7, 11) is 0. The molecule has 0 aliphatic carbocycles. The van der Waals surface area contributed by atoms with Crippen molar-refractivity contribution in [1.29, 1.82) is 0 Å². The predicted octanol–water partition coefficient (Wildman–Crippen LogP) is 3.69. The molecule has 1 amide bonds. The third-order valence-corrected chi connectivity index (χ3v) is 3.46. The van der Waals surface area contributed by atoms with Gasteiger partial charge in [-0.15, -0.1) is 0 Å². The van der Waals surface area contributed by atoms with Gasteiger partial charge in [-0.25, -0.2) is 4.39 Å². The zero-order chi connectivity index (χ0) is 14.4. The number of hydrogen-bond donors (Lipinski definition) is 2. The summed E-state index contributed by atoms with van der Waals surface area (Å²) in [4.78, 5) is 11.9. The minimum Gasteiger partial charge on any atom is -0.373 e. The highest BCUT2D eigenvalue weighted by Crippen LogP contribution is 2.23. The summed E-state index contributed by atoms with van der Waals surface area (Å²) in [5, 5.41) is 6.00. The first kappa shape index (κ1) is 16.0. The monoisotopic (exact) mass is 330 g/mol. The molecule has 2 N–H and O–H groups in total. The molecular formula is C14H20BrFN2O. The van der Waals surface area contributed by atoms with Crippen molar-refractivity contribution in [3.8, 4) is 0 Å². The first-order valence-corrected chi connectivity index (χ1v) is 7.25. The maximum atomic E-state index is 13.0. The molecule has 0 saturated heterocycles. The minimum atomic E-state index is -0.374. The van der Waals surface area contributed by atoms with E-state index in [1.807, 2.05) is 6.92 Å². The van der Waals surface area contributed by atoms with Crippen LogP contribution in [0.2, 0.25) is 0 Å². The molecule has 0 radical (unpaired) electrons. The lowest BCUT2D eigenvalue weighted by molar-refractivity contribution is -0.122. The minimum absolute atomic E-state index is 0.0582. The van der Waals surface area contributed by atoms with Crippen molar-refractivity contribution in [3.05, 3.63) is 28.5 Å². The van der Waals surface area contributed by atoms with Crippen molar-refractivity contribution in [2.45, 2.75) is 45.7 Å². The van der Waals surface area contributed by atoms with Gasteiger partial charge in [-0.1, -0.05) is 13.3 Å². The van der Waals surface area contributed by atoms with Crippen LogP contribution in [0.15, 0.2) is 22.7 Å². The Bertz CT molecular complexity index is 439. The number of carbonyl (C=O) groups is 1. The lowest BCUT2D eigenvalue weighted by Gasteiger charge is -2.19. The molecule has 1 rings (SSSR count). The average molecular weight is 331 g/mol. The van der Waals surface area contributed by atoms with Gasteiger partial charge >= 0.3 is 0 Å². The van der Waals surface area contributed by atoms with E-state index in [1.165, 1.54) is 12.1 Å². The van der Waals surface area contributed by atoms with Gasteiger partial charge in [0.25, 0.3) is 0 Å².